The van der Waals surface area contributed by atoms with Gasteiger partial charge in [-0.2, -0.15) is 0 Å². The minimum absolute atomic E-state index is 0.484. The van der Waals surface area contributed by atoms with E-state index in [9.17, 15) is 0 Å². The molecule has 31 heavy (non-hydrogen) atoms. The summed E-state index contributed by atoms with van der Waals surface area (Å²) in [6.07, 6.45) is 2.85. The average molecular weight is 426 g/mol. The fourth-order valence-electron chi connectivity index (χ4n) is 3.38. The van der Waals surface area contributed by atoms with Gasteiger partial charge in [-0.05, 0) is 43.2 Å². The number of guanidine groups is 1. The fourth-order valence-corrected chi connectivity index (χ4v) is 3.38. The second-order valence-corrected chi connectivity index (χ2v) is 6.94. The van der Waals surface area contributed by atoms with Crippen LogP contribution in [0.25, 0.3) is 11.0 Å². The van der Waals surface area contributed by atoms with Crippen LogP contribution in [0.1, 0.15) is 18.9 Å². The summed E-state index contributed by atoms with van der Waals surface area (Å²) < 4.78 is 18.4. The molecule has 0 aliphatic heterocycles. The number of aromatic nitrogens is 2. The quantitative estimate of drug-likeness (QED) is 0.295. The highest BCUT2D eigenvalue weighted by Crippen LogP contribution is 2.38. The first-order valence-electron chi connectivity index (χ1n) is 10.4. The molecule has 2 N–H and O–H groups in total. The Morgan fingerprint density at radius 1 is 1.03 bits per heavy atom. The van der Waals surface area contributed by atoms with E-state index in [4.69, 9.17) is 19.2 Å². The monoisotopic (exact) mass is 425 g/mol. The zero-order chi connectivity index (χ0) is 22.1. The molecule has 1 aromatic heterocycles. The molecule has 8 heteroatoms. The van der Waals surface area contributed by atoms with Crippen LogP contribution in [-0.4, -0.2) is 49.9 Å². The molecule has 1 heterocycles. The summed E-state index contributed by atoms with van der Waals surface area (Å²) >= 11 is 0. The SMILES string of the molecule is CCNC(=NCc1cc(OC)c(OC)c(OC)c1)NCCCn1cnc2ccccc21. The third-order valence-electron chi connectivity index (χ3n) is 4.88. The second-order valence-electron chi connectivity index (χ2n) is 6.94. The van der Waals surface area contributed by atoms with Crippen LogP contribution in [0.4, 0.5) is 0 Å². The molecule has 0 amide bonds. The second kappa shape index (κ2) is 11.1. The first kappa shape index (κ1) is 22.3. The summed E-state index contributed by atoms with van der Waals surface area (Å²) in [7, 11) is 4.82. The van der Waals surface area contributed by atoms with Crippen molar-refractivity contribution in [3.05, 3.63) is 48.3 Å². The molecule has 0 radical (unpaired) electrons. The van der Waals surface area contributed by atoms with Gasteiger partial charge in [0.1, 0.15) is 0 Å². The first-order chi connectivity index (χ1) is 15.2. The van der Waals surface area contributed by atoms with E-state index in [-0.39, 0.29) is 0 Å². The van der Waals surface area contributed by atoms with E-state index in [1.807, 2.05) is 43.6 Å². The number of ether oxygens (including phenoxy) is 3. The summed E-state index contributed by atoms with van der Waals surface area (Å²) in [4.78, 5) is 9.14. The number of methoxy groups -OCH3 is 3. The van der Waals surface area contributed by atoms with E-state index >= 15 is 0 Å². The van der Waals surface area contributed by atoms with Crippen molar-refractivity contribution >= 4 is 17.0 Å². The summed E-state index contributed by atoms with van der Waals surface area (Å²) in [5.74, 6) is 2.59. The summed E-state index contributed by atoms with van der Waals surface area (Å²) in [6, 6.07) is 12.0. The lowest BCUT2D eigenvalue weighted by molar-refractivity contribution is 0.324. The van der Waals surface area contributed by atoms with Gasteiger partial charge in [0.2, 0.25) is 5.75 Å². The maximum absolute atomic E-state index is 5.43. The van der Waals surface area contributed by atoms with E-state index in [2.05, 4.69) is 26.3 Å². The smallest absolute Gasteiger partial charge is 0.203 e. The number of nitrogens with one attached hydrogen (secondary N) is 2. The van der Waals surface area contributed by atoms with Crippen LogP contribution in [0, 0.1) is 0 Å². The Hall–Kier alpha value is -3.42. The van der Waals surface area contributed by atoms with Crippen molar-refractivity contribution in [2.75, 3.05) is 34.4 Å². The van der Waals surface area contributed by atoms with Crippen molar-refractivity contribution < 1.29 is 14.2 Å². The predicted octanol–water partition coefficient (Wildman–Crippen LogP) is 3.21. The van der Waals surface area contributed by atoms with Gasteiger partial charge in [-0.25, -0.2) is 9.98 Å². The summed E-state index contributed by atoms with van der Waals surface area (Å²) in [6.45, 7) is 5.01. The molecule has 0 aliphatic rings. The van der Waals surface area contributed by atoms with Crippen LogP contribution in [0.15, 0.2) is 47.7 Å². The molecule has 0 spiro atoms. The number of imidazole rings is 1. The van der Waals surface area contributed by atoms with Gasteiger partial charge in [0.25, 0.3) is 0 Å². The van der Waals surface area contributed by atoms with Gasteiger partial charge in [0.15, 0.2) is 17.5 Å². The molecule has 0 bridgehead atoms. The maximum atomic E-state index is 5.43. The van der Waals surface area contributed by atoms with Gasteiger partial charge in [0.05, 0.1) is 45.2 Å². The van der Waals surface area contributed by atoms with Gasteiger partial charge >= 0.3 is 0 Å². The molecule has 3 rings (SSSR count). The molecule has 3 aromatic rings. The van der Waals surface area contributed by atoms with E-state index in [0.29, 0.717) is 23.8 Å². The van der Waals surface area contributed by atoms with E-state index in [1.54, 1.807) is 21.3 Å². The van der Waals surface area contributed by atoms with Crippen molar-refractivity contribution in [3.63, 3.8) is 0 Å². The molecule has 0 saturated carbocycles. The number of nitrogens with zero attached hydrogens (tertiary/aromatic N) is 3. The number of hydrogen-bond donors (Lipinski definition) is 2. The first-order valence-corrected chi connectivity index (χ1v) is 10.4. The molecule has 0 atom stereocenters. The number of fused-ring (bicyclic) bond motifs is 1. The van der Waals surface area contributed by atoms with Crippen LogP contribution in [0.5, 0.6) is 17.2 Å². The maximum Gasteiger partial charge on any atom is 0.203 e. The number of hydrogen-bond acceptors (Lipinski definition) is 5. The molecular weight excluding hydrogens is 394 g/mol. The molecule has 0 saturated heterocycles. The number of benzene rings is 2. The van der Waals surface area contributed by atoms with Gasteiger partial charge in [0, 0.05) is 19.6 Å². The Bertz CT molecular complexity index is 990. The Kier molecular flexibility index (Phi) is 7.98. The van der Waals surface area contributed by atoms with Gasteiger partial charge in [-0.3, -0.25) is 0 Å². The molecule has 0 fully saturated rings. The molecule has 2 aromatic carbocycles. The highest BCUT2D eigenvalue weighted by molar-refractivity contribution is 5.79. The molecule has 166 valence electrons. The molecule has 0 unspecified atom stereocenters. The number of aliphatic imine (C=N–C) groups is 1. The number of rotatable bonds is 10. The summed E-state index contributed by atoms with van der Waals surface area (Å²) in [5.41, 5.74) is 3.15. The molecule has 0 aliphatic carbocycles. The lowest BCUT2D eigenvalue weighted by atomic mass is 10.2. The van der Waals surface area contributed by atoms with Crippen LogP contribution < -0.4 is 24.8 Å². The van der Waals surface area contributed by atoms with Crippen LogP contribution >= 0.6 is 0 Å². The normalized spacial score (nSPS) is 11.4. The van der Waals surface area contributed by atoms with Crippen molar-refractivity contribution in [3.8, 4) is 17.2 Å². The highest BCUT2D eigenvalue weighted by Gasteiger charge is 2.13. The Morgan fingerprint density at radius 2 is 1.77 bits per heavy atom. The van der Waals surface area contributed by atoms with Crippen molar-refractivity contribution in [1.82, 2.24) is 20.2 Å². The number of para-hydroxylation sites is 2. The minimum atomic E-state index is 0.484. The Balaban J connectivity index is 1.60. The topological polar surface area (TPSA) is 81.9 Å². The summed E-state index contributed by atoms with van der Waals surface area (Å²) in [5, 5.41) is 6.69. The van der Waals surface area contributed by atoms with Crippen LogP contribution in [0.3, 0.4) is 0 Å². The van der Waals surface area contributed by atoms with E-state index in [1.165, 1.54) is 0 Å². The highest BCUT2D eigenvalue weighted by atomic mass is 16.5. The van der Waals surface area contributed by atoms with Crippen LogP contribution in [0.2, 0.25) is 0 Å². The van der Waals surface area contributed by atoms with Crippen LogP contribution in [-0.2, 0) is 13.1 Å². The largest absolute Gasteiger partial charge is 0.493 e. The van der Waals surface area contributed by atoms with Gasteiger partial charge in [-0.1, -0.05) is 12.1 Å². The zero-order valence-electron chi connectivity index (χ0n) is 18.6. The fraction of sp³-hybridized carbons (Fsp3) is 0.391. The third kappa shape index (κ3) is 5.59. The predicted molar refractivity (Wildman–Crippen MR) is 123 cm³/mol. The molecular formula is C23H31N5O3. The minimum Gasteiger partial charge on any atom is -0.493 e. The lowest BCUT2D eigenvalue weighted by Gasteiger charge is -2.14. The number of aryl methyl sites for hydroxylation is 1. The average Bonchev–Trinajstić information content (AvgIpc) is 3.22. The van der Waals surface area contributed by atoms with Gasteiger partial charge in [-0.15, -0.1) is 0 Å². The Morgan fingerprint density at radius 3 is 2.45 bits per heavy atom. The zero-order valence-corrected chi connectivity index (χ0v) is 18.6. The van der Waals surface area contributed by atoms with E-state index in [0.717, 1.165) is 48.6 Å². The van der Waals surface area contributed by atoms with E-state index < -0.39 is 0 Å². The van der Waals surface area contributed by atoms with Crippen molar-refractivity contribution in [2.45, 2.75) is 26.4 Å². The molecule has 8 nitrogen and oxygen atoms in total. The Labute approximate surface area is 183 Å². The third-order valence-corrected chi connectivity index (χ3v) is 4.88. The standard InChI is InChI=1S/C23H31N5O3/c1-5-24-23(25-11-8-12-28-16-27-18-9-6-7-10-19(18)28)26-15-17-13-20(29-2)22(31-4)21(14-17)30-3/h6-7,9-10,13-14,16H,5,8,11-12,15H2,1-4H3,(H2,24,25,26). The van der Waals surface area contributed by atoms with Gasteiger partial charge < -0.3 is 29.4 Å². The van der Waals surface area contributed by atoms with Crippen molar-refractivity contribution in [2.24, 2.45) is 4.99 Å². The van der Waals surface area contributed by atoms with Crippen molar-refractivity contribution in [1.29, 1.82) is 0 Å². The lowest BCUT2D eigenvalue weighted by Crippen LogP contribution is -2.38.